The number of methoxy groups -OCH3 is 1. The van der Waals surface area contributed by atoms with Crippen molar-refractivity contribution in [3.05, 3.63) is 53.6 Å². The van der Waals surface area contributed by atoms with E-state index in [1.165, 1.54) is 0 Å². The summed E-state index contributed by atoms with van der Waals surface area (Å²) in [7, 11) is 1.60. The van der Waals surface area contributed by atoms with Crippen molar-refractivity contribution in [2.75, 3.05) is 23.9 Å². The molecule has 1 N–H and O–H groups in total. The van der Waals surface area contributed by atoms with E-state index in [2.05, 4.69) is 5.32 Å². The van der Waals surface area contributed by atoms with Crippen LogP contribution in [0.1, 0.15) is 17.5 Å². The first-order valence-corrected chi connectivity index (χ1v) is 8.30. The highest BCUT2D eigenvalue weighted by molar-refractivity contribution is 6.03. The maximum absolute atomic E-state index is 12.6. The smallest absolute Gasteiger partial charge is 0.229 e. The molecule has 1 fully saturated rings. The van der Waals surface area contributed by atoms with Crippen molar-refractivity contribution < 1.29 is 14.3 Å². The van der Waals surface area contributed by atoms with Crippen molar-refractivity contribution in [1.82, 2.24) is 0 Å². The molecule has 1 heterocycles. The second-order valence-corrected chi connectivity index (χ2v) is 6.41. The van der Waals surface area contributed by atoms with Crippen LogP contribution in [0, 0.1) is 19.8 Å². The van der Waals surface area contributed by atoms with Crippen molar-refractivity contribution >= 4 is 23.2 Å². The van der Waals surface area contributed by atoms with E-state index in [0.29, 0.717) is 6.54 Å². The minimum Gasteiger partial charge on any atom is -0.497 e. The lowest BCUT2D eigenvalue weighted by Crippen LogP contribution is -2.28. The second-order valence-electron chi connectivity index (χ2n) is 6.41. The summed E-state index contributed by atoms with van der Waals surface area (Å²) in [6, 6.07) is 13.2. The molecule has 25 heavy (non-hydrogen) atoms. The number of hydrogen-bond donors (Lipinski definition) is 1. The highest BCUT2D eigenvalue weighted by Crippen LogP contribution is 2.28. The minimum absolute atomic E-state index is 0.0362. The third-order valence-corrected chi connectivity index (χ3v) is 4.52. The van der Waals surface area contributed by atoms with Crippen LogP contribution in [0.25, 0.3) is 0 Å². The van der Waals surface area contributed by atoms with Crippen LogP contribution in [-0.4, -0.2) is 25.5 Å². The van der Waals surface area contributed by atoms with E-state index in [1.807, 2.05) is 56.3 Å². The Balaban J connectivity index is 1.69. The topological polar surface area (TPSA) is 58.6 Å². The van der Waals surface area contributed by atoms with Gasteiger partial charge in [-0.2, -0.15) is 0 Å². The van der Waals surface area contributed by atoms with Gasteiger partial charge >= 0.3 is 0 Å². The summed E-state index contributed by atoms with van der Waals surface area (Å²) < 4.78 is 5.14. The highest BCUT2D eigenvalue weighted by atomic mass is 16.5. The minimum atomic E-state index is -0.352. The lowest BCUT2D eigenvalue weighted by molar-refractivity contribution is -0.122. The summed E-state index contributed by atoms with van der Waals surface area (Å²) in [5.41, 5.74) is 3.75. The summed E-state index contributed by atoms with van der Waals surface area (Å²) in [6.45, 7) is 4.37. The van der Waals surface area contributed by atoms with Gasteiger partial charge in [-0.25, -0.2) is 0 Å². The first-order chi connectivity index (χ1) is 12.0. The van der Waals surface area contributed by atoms with Gasteiger partial charge in [0.2, 0.25) is 11.8 Å². The molecule has 3 rings (SSSR count). The van der Waals surface area contributed by atoms with Gasteiger partial charge in [0, 0.05) is 24.3 Å². The number of rotatable bonds is 4. The number of carbonyl (C=O) groups is 2. The van der Waals surface area contributed by atoms with E-state index in [9.17, 15) is 9.59 Å². The van der Waals surface area contributed by atoms with Gasteiger partial charge in [-0.15, -0.1) is 0 Å². The third-order valence-electron chi connectivity index (χ3n) is 4.52. The van der Waals surface area contributed by atoms with Gasteiger partial charge in [-0.1, -0.05) is 17.7 Å². The standard InChI is InChI=1S/C20H22N2O3/c1-13-4-9-18(14(2)10-13)21-20(24)15-11-19(23)22(12-15)16-5-7-17(25-3)8-6-16/h4-10,15H,11-12H2,1-3H3,(H,21,24)/t15-/m1/s1. The summed E-state index contributed by atoms with van der Waals surface area (Å²) in [4.78, 5) is 26.5. The number of hydrogen-bond acceptors (Lipinski definition) is 3. The first kappa shape index (κ1) is 17.0. The Labute approximate surface area is 147 Å². The molecule has 1 saturated heterocycles. The van der Waals surface area contributed by atoms with Crippen molar-refractivity contribution in [3.63, 3.8) is 0 Å². The van der Waals surface area contributed by atoms with E-state index < -0.39 is 0 Å². The molecular weight excluding hydrogens is 316 g/mol. The normalized spacial score (nSPS) is 16.8. The lowest BCUT2D eigenvalue weighted by Gasteiger charge is -2.17. The Morgan fingerprint density at radius 1 is 1.16 bits per heavy atom. The van der Waals surface area contributed by atoms with E-state index in [-0.39, 0.29) is 24.2 Å². The van der Waals surface area contributed by atoms with Crippen LogP contribution < -0.4 is 15.0 Å². The molecule has 1 aliphatic rings. The molecule has 0 saturated carbocycles. The number of anilines is 2. The van der Waals surface area contributed by atoms with Gasteiger partial charge < -0.3 is 15.0 Å². The lowest BCUT2D eigenvalue weighted by atomic mass is 10.1. The maximum Gasteiger partial charge on any atom is 0.229 e. The molecule has 1 atom stereocenters. The van der Waals surface area contributed by atoms with Gasteiger partial charge in [0.15, 0.2) is 0 Å². The fourth-order valence-corrected chi connectivity index (χ4v) is 3.08. The van der Waals surface area contributed by atoms with E-state index in [0.717, 1.165) is 28.3 Å². The molecule has 0 unspecified atom stereocenters. The molecule has 0 aliphatic carbocycles. The largest absolute Gasteiger partial charge is 0.497 e. The quantitative estimate of drug-likeness (QED) is 0.930. The van der Waals surface area contributed by atoms with Crippen LogP contribution in [0.15, 0.2) is 42.5 Å². The van der Waals surface area contributed by atoms with E-state index >= 15 is 0 Å². The molecule has 0 bridgehead atoms. The van der Waals surface area contributed by atoms with E-state index in [1.54, 1.807) is 12.0 Å². The molecule has 0 aromatic heterocycles. The monoisotopic (exact) mass is 338 g/mol. The molecule has 5 heteroatoms. The van der Waals surface area contributed by atoms with Crippen molar-refractivity contribution in [1.29, 1.82) is 0 Å². The number of nitrogens with zero attached hydrogens (tertiary/aromatic N) is 1. The molecule has 130 valence electrons. The summed E-state index contributed by atoms with van der Waals surface area (Å²) >= 11 is 0. The number of benzene rings is 2. The highest BCUT2D eigenvalue weighted by Gasteiger charge is 2.35. The zero-order valence-electron chi connectivity index (χ0n) is 14.7. The summed E-state index contributed by atoms with van der Waals surface area (Å²) in [5, 5.41) is 2.95. The molecule has 2 aromatic rings. The first-order valence-electron chi connectivity index (χ1n) is 8.30. The van der Waals surface area contributed by atoms with Crippen LogP contribution in [-0.2, 0) is 9.59 Å². The molecule has 0 spiro atoms. The van der Waals surface area contributed by atoms with Gasteiger partial charge in [0.05, 0.1) is 13.0 Å². The van der Waals surface area contributed by atoms with Gasteiger partial charge in [-0.3, -0.25) is 9.59 Å². The SMILES string of the molecule is COc1ccc(N2C[C@H](C(=O)Nc3ccc(C)cc3C)CC2=O)cc1. The Kier molecular flexibility index (Phi) is 4.74. The predicted molar refractivity (Wildman–Crippen MR) is 98.0 cm³/mol. The van der Waals surface area contributed by atoms with Crippen molar-refractivity contribution in [3.8, 4) is 5.75 Å². The van der Waals surface area contributed by atoms with Crippen molar-refractivity contribution in [2.45, 2.75) is 20.3 Å². The molecule has 0 radical (unpaired) electrons. The number of aryl methyl sites for hydroxylation is 2. The Morgan fingerprint density at radius 2 is 1.88 bits per heavy atom. The summed E-state index contributed by atoms with van der Waals surface area (Å²) in [5.74, 6) is 0.233. The predicted octanol–water partition coefficient (Wildman–Crippen LogP) is 3.30. The fraction of sp³-hybridized carbons (Fsp3) is 0.300. The van der Waals surface area contributed by atoms with Gasteiger partial charge in [0.25, 0.3) is 0 Å². The zero-order chi connectivity index (χ0) is 18.0. The second kappa shape index (κ2) is 6.97. The average molecular weight is 338 g/mol. The van der Waals surface area contributed by atoms with Crippen LogP contribution in [0.3, 0.4) is 0 Å². The maximum atomic E-state index is 12.6. The average Bonchev–Trinajstić information content (AvgIpc) is 2.99. The Hall–Kier alpha value is -2.82. The van der Waals surface area contributed by atoms with E-state index in [4.69, 9.17) is 4.74 Å². The zero-order valence-corrected chi connectivity index (χ0v) is 14.7. The number of amides is 2. The molecule has 5 nitrogen and oxygen atoms in total. The van der Waals surface area contributed by atoms with Gasteiger partial charge in [0.1, 0.15) is 5.75 Å². The van der Waals surface area contributed by atoms with Crippen LogP contribution in [0.5, 0.6) is 5.75 Å². The Morgan fingerprint density at radius 3 is 2.52 bits per heavy atom. The molecule has 2 aromatic carbocycles. The molecule has 2 amide bonds. The number of nitrogens with one attached hydrogen (secondary N) is 1. The Bertz CT molecular complexity index is 799. The number of carbonyl (C=O) groups excluding carboxylic acids is 2. The molecule has 1 aliphatic heterocycles. The van der Waals surface area contributed by atoms with Crippen LogP contribution >= 0.6 is 0 Å². The molecular formula is C20H22N2O3. The third kappa shape index (κ3) is 3.65. The summed E-state index contributed by atoms with van der Waals surface area (Å²) in [6.07, 6.45) is 0.225. The van der Waals surface area contributed by atoms with Crippen molar-refractivity contribution in [2.24, 2.45) is 5.92 Å². The number of ether oxygens (including phenoxy) is 1. The van der Waals surface area contributed by atoms with Crippen LogP contribution in [0.4, 0.5) is 11.4 Å². The fourth-order valence-electron chi connectivity index (χ4n) is 3.08. The van der Waals surface area contributed by atoms with Gasteiger partial charge in [-0.05, 0) is 49.7 Å². The van der Waals surface area contributed by atoms with Crippen LogP contribution in [0.2, 0.25) is 0 Å².